The summed E-state index contributed by atoms with van der Waals surface area (Å²) in [6.07, 6.45) is -8.29. The van der Waals surface area contributed by atoms with Crippen LogP contribution in [0.15, 0.2) is 30.3 Å². The number of nitrogens with zero attached hydrogens (tertiary/aromatic N) is 1. The lowest BCUT2D eigenvalue weighted by atomic mass is 9.90. The number of esters is 2. The molecule has 148 valence electrons. The van der Waals surface area contributed by atoms with Crippen molar-refractivity contribution in [2.75, 3.05) is 7.11 Å². The van der Waals surface area contributed by atoms with Crippen molar-refractivity contribution in [2.45, 2.75) is 24.5 Å². The number of carbonyl (C=O) groups is 2. The summed E-state index contributed by atoms with van der Waals surface area (Å²) in [4.78, 5) is 36.7. The van der Waals surface area contributed by atoms with E-state index in [4.69, 9.17) is 9.47 Å². The van der Waals surface area contributed by atoms with E-state index in [0.717, 1.165) is 7.11 Å². The van der Waals surface area contributed by atoms with Gasteiger partial charge in [0.2, 0.25) is 0 Å². The number of nitro groups is 1. The van der Waals surface area contributed by atoms with Crippen molar-refractivity contribution < 1.29 is 39.3 Å². The van der Waals surface area contributed by atoms with Crippen LogP contribution in [0.4, 0.5) is 0 Å². The Hall–Kier alpha value is -3.28. The molecule has 11 heteroatoms. The Kier molecular flexibility index (Phi) is 5.14. The topological polar surface area (TPSA) is 172 Å². The minimum Gasteiger partial charge on any atom is -0.464 e. The molecule has 4 unspecified atom stereocenters. The van der Waals surface area contributed by atoms with Gasteiger partial charge >= 0.3 is 18.2 Å². The number of aliphatic hydroxyl groups excluding tert-OH is 3. The third-order valence-corrected chi connectivity index (χ3v) is 4.40. The van der Waals surface area contributed by atoms with E-state index < -0.39 is 41.4 Å². The number of cyclic esters (lactones) is 1. The molecule has 0 saturated heterocycles. The molecule has 1 aliphatic heterocycles. The summed E-state index contributed by atoms with van der Waals surface area (Å²) in [5.41, 5.74) is 0.0736. The van der Waals surface area contributed by atoms with Gasteiger partial charge in [-0.15, -0.1) is 0 Å². The summed E-state index contributed by atoms with van der Waals surface area (Å²) < 4.78 is 9.60. The minimum absolute atomic E-state index is 0.0950. The number of hydrogen-bond donors (Lipinski definition) is 4. The number of aliphatic hydroxyl groups is 3. The molecule has 11 nitrogen and oxygen atoms in total. The number of ether oxygens (including phenoxy) is 2. The minimum atomic E-state index is -2.49. The van der Waals surface area contributed by atoms with E-state index in [1.54, 1.807) is 30.3 Å². The zero-order valence-corrected chi connectivity index (χ0v) is 14.4. The van der Waals surface area contributed by atoms with Gasteiger partial charge in [-0.1, -0.05) is 30.3 Å². The fourth-order valence-electron chi connectivity index (χ4n) is 3.09. The maximum atomic E-state index is 12.4. The lowest BCUT2D eigenvalue weighted by Crippen LogP contribution is -2.49. The van der Waals surface area contributed by atoms with Crippen LogP contribution in [0.5, 0.6) is 0 Å². The molecule has 1 aromatic heterocycles. The SMILES string of the molecule is COC(=O)c1[nH]c2c(c1-c1ccccc1)C(O)C(C(O)C(O)[N+](=O)[O-])OC2=O. The predicted octanol–water partition coefficient (Wildman–Crippen LogP) is -0.00330. The Labute approximate surface area is 157 Å². The van der Waals surface area contributed by atoms with Gasteiger partial charge in [0, 0.05) is 11.1 Å². The van der Waals surface area contributed by atoms with Crippen LogP contribution in [0.25, 0.3) is 11.1 Å². The molecule has 3 rings (SSSR count). The van der Waals surface area contributed by atoms with E-state index in [-0.39, 0.29) is 22.5 Å². The van der Waals surface area contributed by atoms with Gasteiger partial charge < -0.3 is 29.8 Å². The highest BCUT2D eigenvalue weighted by Crippen LogP contribution is 2.41. The van der Waals surface area contributed by atoms with E-state index in [1.165, 1.54) is 0 Å². The first kappa shape index (κ1) is 19.5. The number of carbonyl (C=O) groups excluding carboxylic acids is 2. The molecule has 4 N–H and O–H groups in total. The molecule has 28 heavy (non-hydrogen) atoms. The van der Waals surface area contributed by atoms with E-state index >= 15 is 0 Å². The van der Waals surface area contributed by atoms with Crippen LogP contribution in [0, 0.1) is 10.1 Å². The molecule has 0 bridgehead atoms. The highest BCUT2D eigenvalue weighted by atomic mass is 16.7. The van der Waals surface area contributed by atoms with E-state index in [0.29, 0.717) is 5.56 Å². The molecule has 1 aromatic carbocycles. The fraction of sp³-hybridized carbons (Fsp3) is 0.294. The van der Waals surface area contributed by atoms with Crippen molar-refractivity contribution in [3.8, 4) is 11.1 Å². The largest absolute Gasteiger partial charge is 0.464 e. The van der Waals surface area contributed by atoms with Gasteiger partial charge in [-0.2, -0.15) is 0 Å². The summed E-state index contributed by atoms with van der Waals surface area (Å²) >= 11 is 0. The predicted molar refractivity (Wildman–Crippen MR) is 90.7 cm³/mol. The maximum Gasteiger partial charge on any atom is 0.355 e. The van der Waals surface area contributed by atoms with Crippen LogP contribution >= 0.6 is 0 Å². The Morgan fingerprint density at radius 2 is 1.96 bits per heavy atom. The molecule has 0 amide bonds. The Bertz CT molecular complexity index is 924. The Morgan fingerprint density at radius 1 is 1.32 bits per heavy atom. The average molecular weight is 392 g/mol. The van der Waals surface area contributed by atoms with Crippen molar-refractivity contribution in [1.29, 1.82) is 0 Å². The number of fused-ring (bicyclic) bond motifs is 1. The molecule has 4 atom stereocenters. The number of aromatic amines is 1. The number of aromatic nitrogens is 1. The van der Waals surface area contributed by atoms with Gasteiger partial charge in [-0.25, -0.2) is 9.59 Å². The van der Waals surface area contributed by atoms with Gasteiger partial charge in [0.15, 0.2) is 12.2 Å². The summed E-state index contributed by atoms with van der Waals surface area (Å²) in [7, 11) is 1.13. The van der Waals surface area contributed by atoms with Crippen LogP contribution < -0.4 is 0 Å². The molecular formula is C17H16N2O9. The van der Waals surface area contributed by atoms with Gasteiger partial charge in [0.05, 0.1) is 12.0 Å². The molecule has 1 aliphatic rings. The van der Waals surface area contributed by atoms with Gasteiger partial charge in [0.25, 0.3) is 0 Å². The third kappa shape index (κ3) is 3.11. The van der Waals surface area contributed by atoms with Gasteiger partial charge in [-0.05, 0) is 5.56 Å². The molecule has 0 radical (unpaired) electrons. The summed E-state index contributed by atoms with van der Waals surface area (Å²) in [6, 6.07) is 8.25. The first-order chi connectivity index (χ1) is 13.3. The van der Waals surface area contributed by atoms with Crippen molar-refractivity contribution in [3.63, 3.8) is 0 Å². The average Bonchev–Trinajstić information content (AvgIpc) is 3.11. The number of benzene rings is 1. The first-order valence-electron chi connectivity index (χ1n) is 8.06. The van der Waals surface area contributed by atoms with Gasteiger partial charge in [0.1, 0.15) is 17.5 Å². The van der Waals surface area contributed by atoms with Crippen molar-refractivity contribution in [3.05, 3.63) is 57.4 Å². The second-order valence-electron chi connectivity index (χ2n) is 6.03. The molecule has 0 fully saturated rings. The van der Waals surface area contributed by atoms with E-state index in [1.807, 2.05) is 0 Å². The van der Waals surface area contributed by atoms with Crippen LogP contribution in [-0.4, -0.2) is 62.7 Å². The lowest BCUT2D eigenvalue weighted by molar-refractivity contribution is -0.585. The standard InChI is InChI=1S/C17H16N2O9/c1-27-16(23)10-8(7-5-3-2-4-6-7)9-11(18-10)17(24)28-14(12(9)20)13(21)15(22)19(25)26/h2-6,12-15,18,20-22H,1H3. The number of methoxy groups -OCH3 is 1. The quantitative estimate of drug-likeness (QED) is 0.236. The maximum absolute atomic E-state index is 12.4. The molecule has 0 saturated carbocycles. The zero-order valence-electron chi connectivity index (χ0n) is 14.4. The summed E-state index contributed by atoms with van der Waals surface area (Å²) in [6.45, 7) is 0. The number of H-pyrrole nitrogens is 1. The number of hydrogen-bond acceptors (Lipinski definition) is 9. The Balaban J connectivity index is 2.18. The highest BCUT2D eigenvalue weighted by Gasteiger charge is 2.48. The molecule has 2 aromatic rings. The monoisotopic (exact) mass is 392 g/mol. The smallest absolute Gasteiger partial charge is 0.355 e. The van der Waals surface area contributed by atoms with Crippen molar-refractivity contribution in [2.24, 2.45) is 0 Å². The molecule has 0 spiro atoms. The second kappa shape index (κ2) is 7.38. The summed E-state index contributed by atoms with van der Waals surface area (Å²) in [5, 5.41) is 41.0. The van der Waals surface area contributed by atoms with E-state index in [9.17, 15) is 35.0 Å². The fourth-order valence-corrected chi connectivity index (χ4v) is 3.09. The number of rotatable bonds is 5. The van der Waals surface area contributed by atoms with Gasteiger partial charge in [-0.3, -0.25) is 10.1 Å². The van der Waals surface area contributed by atoms with E-state index in [2.05, 4.69) is 4.98 Å². The highest BCUT2D eigenvalue weighted by molar-refractivity contribution is 6.02. The van der Waals surface area contributed by atoms with Crippen LogP contribution in [-0.2, 0) is 9.47 Å². The second-order valence-corrected chi connectivity index (χ2v) is 6.03. The first-order valence-corrected chi connectivity index (χ1v) is 8.06. The van der Waals surface area contributed by atoms with Crippen LogP contribution in [0.2, 0.25) is 0 Å². The number of nitrogens with one attached hydrogen (secondary N) is 1. The van der Waals surface area contributed by atoms with Crippen LogP contribution in [0.3, 0.4) is 0 Å². The Morgan fingerprint density at radius 3 is 2.54 bits per heavy atom. The van der Waals surface area contributed by atoms with Crippen LogP contribution in [0.1, 0.15) is 32.6 Å². The third-order valence-electron chi connectivity index (χ3n) is 4.40. The molecule has 0 aliphatic carbocycles. The lowest BCUT2D eigenvalue weighted by Gasteiger charge is -2.31. The zero-order chi connectivity index (χ0) is 20.6. The summed E-state index contributed by atoms with van der Waals surface area (Å²) in [5.74, 6) is -1.89. The molecular weight excluding hydrogens is 376 g/mol. The molecule has 2 heterocycles. The normalized spacial score (nSPS) is 20.6. The van der Waals surface area contributed by atoms with Crippen molar-refractivity contribution in [1.82, 2.24) is 4.98 Å². The van der Waals surface area contributed by atoms with Crippen molar-refractivity contribution >= 4 is 11.9 Å².